The van der Waals surface area contributed by atoms with Gasteiger partial charge in [0.25, 0.3) is 0 Å². The van der Waals surface area contributed by atoms with E-state index in [-0.39, 0.29) is 5.91 Å². The normalized spacial score (nSPS) is 17.2. The second-order valence-electron chi connectivity index (χ2n) is 7.21. The highest BCUT2D eigenvalue weighted by Gasteiger charge is 2.25. The second-order valence-corrected chi connectivity index (χ2v) is 8.27. The van der Waals surface area contributed by atoms with Crippen LogP contribution in [0.1, 0.15) is 23.8 Å². The van der Waals surface area contributed by atoms with E-state index in [0.717, 1.165) is 31.4 Å². The Balaban J connectivity index is 1.39. The number of nitrogens with zero attached hydrogens (tertiary/aromatic N) is 2. The molecule has 3 aromatic rings. The monoisotopic (exact) mass is 411 g/mol. The number of fused-ring (bicyclic) bond motifs is 1. The summed E-state index contributed by atoms with van der Waals surface area (Å²) >= 11 is 1.77. The molecule has 7 heteroatoms. The van der Waals surface area contributed by atoms with Crippen LogP contribution in [0, 0.1) is 0 Å². The zero-order chi connectivity index (χ0) is 20.2. The van der Waals surface area contributed by atoms with Crippen molar-refractivity contribution in [2.75, 3.05) is 39.2 Å². The molecule has 1 atom stereocenters. The van der Waals surface area contributed by atoms with Gasteiger partial charge in [-0.1, -0.05) is 12.1 Å². The molecule has 152 valence electrons. The summed E-state index contributed by atoms with van der Waals surface area (Å²) in [5.74, 6) is 1.61. The molecule has 1 aliphatic rings. The van der Waals surface area contributed by atoms with Gasteiger partial charge in [0, 0.05) is 18.5 Å². The fourth-order valence-corrected chi connectivity index (χ4v) is 4.85. The lowest BCUT2D eigenvalue weighted by molar-refractivity contribution is -0.117. The number of piperidine rings is 1. The molecule has 0 unspecified atom stereocenters. The van der Waals surface area contributed by atoms with Crippen LogP contribution in [-0.4, -0.2) is 49.6 Å². The van der Waals surface area contributed by atoms with E-state index in [1.165, 1.54) is 9.71 Å². The smallest absolute Gasteiger partial charge is 0.238 e. The first-order valence-corrected chi connectivity index (χ1v) is 10.6. The molecule has 6 nitrogen and oxygen atoms in total. The lowest BCUT2D eigenvalue weighted by Crippen LogP contribution is -2.39. The van der Waals surface area contributed by atoms with Crippen molar-refractivity contribution < 1.29 is 14.3 Å². The molecular formula is C22H25N3O3S. The first-order valence-electron chi connectivity index (χ1n) is 9.76. The maximum atomic E-state index is 12.6. The standard InChI is InChI=1S/C22H25N3O3S/c1-27-16-9-10-17(19(12-16)28-2)23-21(26)14-25-11-5-6-15(13-25)22-24-18-7-3-4-8-20(18)29-22/h3-4,7-10,12,15H,5-6,11,13-14H2,1-2H3,(H,23,26)/t15-/m1/s1. The van der Waals surface area contributed by atoms with Gasteiger partial charge in [-0.05, 0) is 43.7 Å². The minimum atomic E-state index is -0.0431. The van der Waals surface area contributed by atoms with Crippen LogP contribution in [-0.2, 0) is 4.79 Å². The number of thiazole rings is 1. The molecule has 2 heterocycles. The van der Waals surface area contributed by atoms with Crippen molar-refractivity contribution in [1.82, 2.24) is 9.88 Å². The van der Waals surface area contributed by atoms with Gasteiger partial charge in [-0.25, -0.2) is 4.98 Å². The summed E-state index contributed by atoms with van der Waals surface area (Å²) in [6.07, 6.45) is 2.18. The largest absolute Gasteiger partial charge is 0.497 e. The highest BCUT2D eigenvalue weighted by Crippen LogP contribution is 2.33. The average molecular weight is 412 g/mol. The molecule has 4 rings (SSSR count). The Bertz CT molecular complexity index is 971. The molecule has 1 aliphatic heterocycles. The van der Waals surface area contributed by atoms with Crippen LogP contribution in [0.2, 0.25) is 0 Å². The minimum Gasteiger partial charge on any atom is -0.497 e. The number of likely N-dealkylation sites (tertiary alicyclic amines) is 1. The Hall–Kier alpha value is -2.64. The van der Waals surface area contributed by atoms with Crippen LogP contribution in [0.25, 0.3) is 10.2 Å². The maximum absolute atomic E-state index is 12.6. The summed E-state index contributed by atoms with van der Waals surface area (Å²) in [4.78, 5) is 19.7. The highest BCUT2D eigenvalue weighted by molar-refractivity contribution is 7.18. The molecule has 29 heavy (non-hydrogen) atoms. The third-order valence-electron chi connectivity index (χ3n) is 5.22. The van der Waals surface area contributed by atoms with Crippen LogP contribution in [0.15, 0.2) is 42.5 Å². The van der Waals surface area contributed by atoms with Gasteiger partial charge in [-0.3, -0.25) is 9.69 Å². The number of rotatable bonds is 6. The maximum Gasteiger partial charge on any atom is 0.238 e. The second kappa shape index (κ2) is 8.80. The van der Waals surface area contributed by atoms with Gasteiger partial charge in [-0.2, -0.15) is 0 Å². The Morgan fingerprint density at radius 1 is 1.24 bits per heavy atom. The number of ether oxygens (including phenoxy) is 2. The van der Waals surface area contributed by atoms with E-state index in [4.69, 9.17) is 14.5 Å². The van der Waals surface area contributed by atoms with E-state index in [1.54, 1.807) is 37.7 Å². The average Bonchev–Trinajstić information content (AvgIpc) is 3.18. The number of amides is 1. The number of benzene rings is 2. The van der Waals surface area contributed by atoms with Gasteiger partial charge in [-0.15, -0.1) is 11.3 Å². The summed E-state index contributed by atoms with van der Waals surface area (Å²) < 4.78 is 11.8. The third-order valence-corrected chi connectivity index (χ3v) is 6.41. The van der Waals surface area contributed by atoms with E-state index < -0.39 is 0 Å². The molecule has 0 spiro atoms. The van der Waals surface area contributed by atoms with E-state index >= 15 is 0 Å². The quantitative estimate of drug-likeness (QED) is 0.661. The number of hydrogen-bond acceptors (Lipinski definition) is 6. The molecule has 0 bridgehead atoms. The number of hydrogen-bond donors (Lipinski definition) is 1. The Labute approximate surface area is 174 Å². The molecule has 0 radical (unpaired) electrons. The van der Waals surface area contributed by atoms with Crippen LogP contribution in [0.3, 0.4) is 0 Å². The van der Waals surface area contributed by atoms with Crippen LogP contribution >= 0.6 is 11.3 Å². The van der Waals surface area contributed by atoms with E-state index in [9.17, 15) is 4.79 Å². The fourth-order valence-electron chi connectivity index (χ4n) is 3.76. The van der Waals surface area contributed by atoms with Crippen LogP contribution in [0.4, 0.5) is 5.69 Å². The number of anilines is 1. The molecular weight excluding hydrogens is 386 g/mol. The van der Waals surface area contributed by atoms with Crippen molar-refractivity contribution in [2.45, 2.75) is 18.8 Å². The number of aromatic nitrogens is 1. The number of para-hydroxylation sites is 1. The molecule has 0 aliphatic carbocycles. The van der Waals surface area contributed by atoms with E-state index in [0.29, 0.717) is 29.6 Å². The van der Waals surface area contributed by atoms with Crippen molar-refractivity contribution in [3.63, 3.8) is 0 Å². The van der Waals surface area contributed by atoms with Crippen molar-refractivity contribution >= 4 is 33.1 Å². The fraction of sp³-hybridized carbons (Fsp3) is 0.364. The zero-order valence-electron chi connectivity index (χ0n) is 16.7. The lowest BCUT2D eigenvalue weighted by atomic mass is 9.99. The summed E-state index contributed by atoms with van der Waals surface area (Å²) in [6.45, 7) is 2.14. The summed E-state index contributed by atoms with van der Waals surface area (Å²) in [5, 5.41) is 4.14. The molecule has 1 aromatic heterocycles. The molecule has 2 aromatic carbocycles. The highest BCUT2D eigenvalue weighted by atomic mass is 32.1. The van der Waals surface area contributed by atoms with E-state index in [2.05, 4.69) is 28.4 Å². The number of carbonyl (C=O) groups is 1. The Morgan fingerprint density at radius 2 is 2.10 bits per heavy atom. The first-order chi connectivity index (χ1) is 14.2. The van der Waals surface area contributed by atoms with Gasteiger partial charge < -0.3 is 14.8 Å². The molecule has 0 saturated carbocycles. The summed E-state index contributed by atoms with van der Waals surface area (Å²) in [6, 6.07) is 13.6. The zero-order valence-corrected chi connectivity index (χ0v) is 17.5. The Kier molecular flexibility index (Phi) is 5.97. The van der Waals surface area contributed by atoms with Crippen LogP contribution < -0.4 is 14.8 Å². The third kappa shape index (κ3) is 4.52. The van der Waals surface area contributed by atoms with Gasteiger partial charge >= 0.3 is 0 Å². The Morgan fingerprint density at radius 3 is 2.90 bits per heavy atom. The number of carbonyl (C=O) groups excluding carboxylic acids is 1. The number of nitrogens with one attached hydrogen (secondary N) is 1. The summed E-state index contributed by atoms with van der Waals surface area (Å²) in [5.41, 5.74) is 1.71. The minimum absolute atomic E-state index is 0.0431. The molecule has 1 amide bonds. The lowest BCUT2D eigenvalue weighted by Gasteiger charge is -2.31. The van der Waals surface area contributed by atoms with Gasteiger partial charge in [0.15, 0.2) is 0 Å². The van der Waals surface area contributed by atoms with Crippen molar-refractivity contribution in [1.29, 1.82) is 0 Å². The molecule has 1 fully saturated rings. The van der Waals surface area contributed by atoms with Crippen molar-refractivity contribution in [3.8, 4) is 11.5 Å². The van der Waals surface area contributed by atoms with Crippen molar-refractivity contribution in [3.05, 3.63) is 47.5 Å². The molecule has 1 saturated heterocycles. The van der Waals surface area contributed by atoms with E-state index in [1.807, 2.05) is 12.1 Å². The SMILES string of the molecule is COc1ccc(NC(=O)CN2CCC[C@@H](c3nc4ccccc4s3)C2)c(OC)c1. The van der Waals surface area contributed by atoms with Gasteiger partial charge in [0.2, 0.25) is 5.91 Å². The topological polar surface area (TPSA) is 63.7 Å². The number of methoxy groups -OCH3 is 2. The van der Waals surface area contributed by atoms with Crippen LogP contribution in [0.5, 0.6) is 11.5 Å². The summed E-state index contributed by atoms with van der Waals surface area (Å²) in [7, 11) is 3.18. The van der Waals surface area contributed by atoms with Crippen molar-refractivity contribution in [2.24, 2.45) is 0 Å². The predicted molar refractivity (Wildman–Crippen MR) is 116 cm³/mol. The van der Waals surface area contributed by atoms with Gasteiger partial charge in [0.1, 0.15) is 11.5 Å². The first kappa shape index (κ1) is 19.7. The molecule has 1 N–H and O–H groups in total. The predicted octanol–water partition coefficient (Wildman–Crippen LogP) is 4.13. The van der Waals surface area contributed by atoms with Gasteiger partial charge in [0.05, 0.1) is 41.7 Å².